The van der Waals surface area contributed by atoms with E-state index < -0.39 is 5.82 Å². The monoisotopic (exact) mass is 330 g/mol. The standard InChI is InChI=1S/C17H19FN4O2/c1-21-5-4-19-17(21)11-22(6-7-23)10-13-9-16(24)14-8-12(18)2-3-15(14)20-13/h2-5,8-9,23H,6-7,10-11H2,1H3,(H,20,24). The van der Waals surface area contributed by atoms with E-state index in [2.05, 4.69) is 9.97 Å². The molecule has 0 aliphatic rings. The number of aliphatic hydroxyl groups excluding tert-OH is 1. The molecule has 0 saturated heterocycles. The second-order valence-electron chi connectivity index (χ2n) is 5.74. The lowest BCUT2D eigenvalue weighted by molar-refractivity contribution is 0.179. The zero-order chi connectivity index (χ0) is 17.1. The van der Waals surface area contributed by atoms with Crippen molar-refractivity contribution in [2.24, 2.45) is 7.05 Å². The summed E-state index contributed by atoms with van der Waals surface area (Å²) in [7, 11) is 1.91. The summed E-state index contributed by atoms with van der Waals surface area (Å²) in [4.78, 5) is 21.6. The van der Waals surface area contributed by atoms with E-state index in [0.29, 0.717) is 36.2 Å². The van der Waals surface area contributed by atoms with Crippen molar-refractivity contribution in [3.05, 3.63) is 64.2 Å². The summed E-state index contributed by atoms with van der Waals surface area (Å²) >= 11 is 0. The number of aromatic nitrogens is 3. The summed E-state index contributed by atoms with van der Waals surface area (Å²) in [5.74, 6) is 0.436. The molecule has 6 nitrogen and oxygen atoms in total. The maximum atomic E-state index is 13.3. The second-order valence-corrected chi connectivity index (χ2v) is 5.74. The molecule has 0 fully saturated rings. The lowest BCUT2D eigenvalue weighted by Crippen LogP contribution is -2.28. The van der Waals surface area contributed by atoms with E-state index in [0.717, 1.165) is 5.82 Å². The van der Waals surface area contributed by atoms with E-state index in [4.69, 9.17) is 0 Å². The third kappa shape index (κ3) is 3.52. The molecule has 1 aromatic carbocycles. The Bertz CT molecular complexity index is 903. The fraction of sp³-hybridized carbons (Fsp3) is 0.294. The summed E-state index contributed by atoms with van der Waals surface area (Å²) in [5.41, 5.74) is 1.08. The quantitative estimate of drug-likeness (QED) is 0.716. The van der Waals surface area contributed by atoms with Gasteiger partial charge in [-0.15, -0.1) is 0 Å². The summed E-state index contributed by atoms with van der Waals surface area (Å²) in [5, 5.41) is 9.62. The third-order valence-corrected chi connectivity index (χ3v) is 3.94. The van der Waals surface area contributed by atoms with Crippen molar-refractivity contribution >= 4 is 10.9 Å². The largest absolute Gasteiger partial charge is 0.395 e. The lowest BCUT2D eigenvalue weighted by atomic mass is 10.2. The van der Waals surface area contributed by atoms with Gasteiger partial charge < -0.3 is 14.7 Å². The first kappa shape index (κ1) is 16.4. The van der Waals surface area contributed by atoms with E-state index >= 15 is 0 Å². The number of imidazole rings is 1. The molecule has 0 saturated carbocycles. The summed E-state index contributed by atoms with van der Waals surface area (Å²) < 4.78 is 15.2. The molecule has 2 aromatic heterocycles. The van der Waals surface area contributed by atoms with Gasteiger partial charge in [0.1, 0.15) is 11.6 Å². The van der Waals surface area contributed by atoms with Crippen LogP contribution in [0, 0.1) is 5.82 Å². The van der Waals surface area contributed by atoms with E-state index in [9.17, 15) is 14.3 Å². The SMILES string of the molecule is Cn1ccnc1CN(CCO)Cc1cc(=O)c2cc(F)ccc2[nH]1. The topological polar surface area (TPSA) is 74.2 Å². The number of pyridine rings is 1. The lowest BCUT2D eigenvalue weighted by Gasteiger charge is -2.21. The Morgan fingerprint density at radius 3 is 2.88 bits per heavy atom. The molecule has 0 atom stereocenters. The van der Waals surface area contributed by atoms with Crippen LogP contribution in [0.15, 0.2) is 41.5 Å². The minimum Gasteiger partial charge on any atom is -0.395 e. The number of benzene rings is 1. The second kappa shape index (κ2) is 6.94. The predicted molar refractivity (Wildman–Crippen MR) is 88.9 cm³/mol. The Hall–Kier alpha value is -2.51. The molecule has 126 valence electrons. The van der Waals surface area contributed by atoms with Gasteiger partial charge in [-0.2, -0.15) is 0 Å². The van der Waals surface area contributed by atoms with Crippen LogP contribution < -0.4 is 5.43 Å². The Morgan fingerprint density at radius 2 is 2.17 bits per heavy atom. The first-order valence-corrected chi connectivity index (χ1v) is 7.67. The summed E-state index contributed by atoms with van der Waals surface area (Å²) in [6.45, 7) is 1.47. The average Bonchev–Trinajstić information content (AvgIpc) is 2.93. The van der Waals surface area contributed by atoms with Gasteiger partial charge in [0.05, 0.1) is 13.2 Å². The van der Waals surface area contributed by atoms with Gasteiger partial charge >= 0.3 is 0 Å². The highest BCUT2D eigenvalue weighted by molar-refractivity contribution is 5.78. The van der Waals surface area contributed by atoms with Gasteiger partial charge in [-0.1, -0.05) is 0 Å². The molecular weight excluding hydrogens is 311 g/mol. The molecule has 2 N–H and O–H groups in total. The third-order valence-electron chi connectivity index (χ3n) is 3.94. The Labute approximate surface area is 138 Å². The normalized spacial score (nSPS) is 11.5. The molecule has 0 radical (unpaired) electrons. The fourth-order valence-electron chi connectivity index (χ4n) is 2.70. The highest BCUT2D eigenvalue weighted by Gasteiger charge is 2.11. The zero-order valence-corrected chi connectivity index (χ0v) is 13.4. The molecule has 3 rings (SSSR count). The van der Waals surface area contributed by atoms with Crippen LogP contribution in [0.2, 0.25) is 0 Å². The Morgan fingerprint density at radius 1 is 1.33 bits per heavy atom. The van der Waals surface area contributed by atoms with Crippen LogP contribution >= 0.6 is 0 Å². The van der Waals surface area contributed by atoms with Gasteiger partial charge in [-0.05, 0) is 18.2 Å². The molecule has 2 heterocycles. The van der Waals surface area contributed by atoms with Crippen LogP contribution in [-0.2, 0) is 20.1 Å². The van der Waals surface area contributed by atoms with Crippen molar-refractivity contribution < 1.29 is 9.50 Å². The van der Waals surface area contributed by atoms with E-state index in [1.807, 2.05) is 22.7 Å². The van der Waals surface area contributed by atoms with E-state index in [1.54, 1.807) is 12.3 Å². The Balaban J connectivity index is 1.87. The van der Waals surface area contributed by atoms with Gasteiger partial charge in [0.2, 0.25) is 0 Å². The number of hydrogen-bond acceptors (Lipinski definition) is 4. The van der Waals surface area contributed by atoms with E-state index in [-0.39, 0.29) is 12.0 Å². The molecular formula is C17H19FN4O2. The number of hydrogen-bond donors (Lipinski definition) is 2. The van der Waals surface area contributed by atoms with Crippen molar-refractivity contribution in [2.75, 3.05) is 13.2 Å². The van der Waals surface area contributed by atoms with Gasteiger partial charge in [0, 0.05) is 55.2 Å². The predicted octanol–water partition coefficient (Wildman–Crippen LogP) is 1.40. The molecule has 0 aliphatic heterocycles. The molecule has 24 heavy (non-hydrogen) atoms. The first-order chi connectivity index (χ1) is 11.6. The number of rotatable bonds is 6. The van der Waals surface area contributed by atoms with E-state index in [1.165, 1.54) is 18.2 Å². The maximum absolute atomic E-state index is 13.3. The fourth-order valence-corrected chi connectivity index (χ4v) is 2.70. The minimum atomic E-state index is -0.433. The van der Waals surface area contributed by atoms with Gasteiger partial charge in [0.25, 0.3) is 0 Å². The minimum absolute atomic E-state index is 0.00739. The van der Waals surface area contributed by atoms with Crippen LogP contribution in [-0.4, -0.2) is 37.7 Å². The Kier molecular flexibility index (Phi) is 4.73. The van der Waals surface area contributed by atoms with Crippen LogP contribution in [0.3, 0.4) is 0 Å². The smallest absolute Gasteiger partial charge is 0.189 e. The van der Waals surface area contributed by atoms with Crippen molar-refractivity contribution in [2.45, 2.75) is 13.1 Å². The summed E-state index contributed by atoms with van der Waals surface area (Å²) in [6.07, 6.45) is 3.58. The van der Waals surface area contributed by atoms with Crippen LogP contribution in [0.4, 0.5) is 4.39 Å². The van der Waals surface area contributed by atoms with Gasteiger partial charge in [-0.3, -0.25) is 9.69 Å². The highest BCUT2D eigenvalue weighted by Crippen LogP contribution is 2.12. The maximum Gasteiger partial charge on any atom is 0.189 e. The molecule has 0 unspecified atom stereocenters. The molecule has 0 bridgehead atoms. The van der Waals surface area contributed by atoms with Crippen LogP contribution in [0.25, 0.3) is 10.9 Å². The number of halogens is 1. The number of nitrogens with one attached hydrogen (secondary N) is 1. The molecule has 3 aromatic rings. The van der Waals surface area contributed by atoms with Crippen molar-refractivity contribution in [3.63, 3.8) is 0 Å². The van der Waals surface area contributed by atoms with Crippen molar-refractivity contribution in [1.82, 2.24) is 19.4 Å². The number of aryl methyl sites for hydroxylation is 1. The van der Waals surface area contributed by atoms with Crippen LogP contribution in [0.5, 0.6) is 0 Å². The zero-order valence-electron chi connectivity index (χ0n) is 13.4. The first-order valence-electron chi connectivity index (χ1n) is 7.67. The summed E-state index contributed by atoms with van der Waals surface area (Å²) in [6, 6.07) is 5.59. The highest BCUT2D eigenvalue weighted by atomic mass is 19.1. The number of fused-ring (bicyclic) bond motifs is 1. The van der Waals surface area contributed by atoms with Crippen molar-refractivity contribution in [1.29, 1.82) is 0 Å². The van der Waals surface area contributed by atoms with Gasteiger partial charge in [0.15, 0.2) is 5.43 Å². The average molecular weight is 330 g/mol. The van der Waals surface area contributed by atoms with Crippen molar-refractivity contribution in [3.8, 4) is 0 Å². The number of aliphatic hydroxyl groups is 1. The molecule has 0 amide bonds. The number of nitrogens with zero attached hydrogens (tertiary/aromatic N) is 3. The molecule has 0 aliphatic carbocycles. The van der Waals surface area contributed by atoms with Gasteiger partial charge in [-0.25, -0.2) is 9.37 Å². The van der Waals surface area contributed by atoms with Crippen LogP contribution in [0.1, 0.15) is 11.5 Å². The number of H-pyrrole nitrogens is 1. The molecule has 0 spiro atoms. The number of aromatic amines is 1. The molecule has 7 heteroatoms.